The minimum absolute atomic E-state index is 0.0580. The number of aromatic nitrogens is 3. The summed E-state index contributed by atoms with van der Waals surface area (Å²) in [6.45, 7) is 4.52. The molecule has 0 bridgehead atoms. The molecule has 1 amide bonds. The van der Waals surface area contributed by atoms with Crippen molar-refractivity contribution in [3.05, 3.63) is 29.7 Å². The lowest BCUT2D eigenvalue weighted by Crippen LogP contribution is -2.48. The van der Waals surface area contributed by atoms with Gasteiger partial charge in [0.25, 0.3) is 5.91 Å². The molecule has 156 valence electrons. The third-order valence-corrected chi connectivity index (χ3v) is 6.99. The highest BCUT2D eigenvalue weighted by Crippen LogP contribution is 2.40. The van der Waals surface area contributed by atoms with Crippen molar-refractivity contribution in [3.8, 4) is 0 Å². The molecule has 2 aliphatic carbocycles. The maximum Gasteiger partial charge on any atom is 0.259 e. The smallest absolute Gasteiger partial charge is 0.259 e. The van der Waals surface area contributed by atoms with Gasteiger partial charge in [-0.25, -0.2) is 9.50 Å². The Morgan fingerprint density at radius 1 is 1.21 bits per heavy atom. The molecule has 3 heterocycles. The van der Waals surface area contributed by atoms with Crippen LogP contribution in [0.5, 0.6) is 0 Å². The summed E-state index contributed by atoms with van der Waals surface area (Å²) in [5.41, 5.74) is 2.28. The van der Waals surface area contributed by atoms with Gasteiger partial charge in [0.2, 0.25) is 0 Å². The molecule has 7 nitrogen and oxygen atoms in total. The number of ether oxygens (including phenoxy) is 1. The van der Waals surface area contributed by atoms with Crippen LogP contribution >= 0.6 is 0 Å². The van der Waals surface area contributed by atoms with Crippen molar-refractivity contribution >= 4 is 11.6 Å². The lowest BCUT2D eigenvalue weighted by atomic mass is 9.77. The van der Waals surface area contributed by atoms with Crippen LogP contribution in [0.1, 0.15) is 41.6 Å². The van der Waals surface area contributed by atoms with Crippen LogP contribution in [-0.2, 0) is 4.74 Å². The molecule has 29 heavy (non-hydrogen) atoms. The summed E-state index contributed by atoms with van der Waals surface area (Å²) in [6.07, 6.45) is 10.4. The summed E-state index contributed by atoms with van der Waals surface area (Å²) in [7, 11) is 4.31. The van der Waals surface area contributed by atoms with Crippen LogP contribution in [0.3, 0.4) is 0 Å². The monoisotopic (exact) mass is 397 g/mol. The van der Waals surface area contributed by atoms with E-state index in [-0.39, 0.29) is 12.0 Å². The van der Waals surface area contributed by atoms with Crippen LogP contribution in [-0.4, -0.2) is 76.2 Å². The van der Waals surface area contributed by atoms with Crippen molar-refractivity contribution in [2.24, 2.45) is 17.8 Å². The zero-order valence-corrected chi connectivity index (χ0v) is 17.6. The summed E-state index contributed by atoms with van der Waals surface area (Å²) >= 11 is 0. The van der Waals surface area contributed by atoms with E-state index in [1.54, 1.807) is 16.9 Å². The first-order valence-corrected chi connectivity index (χ1v) is 10.9. The van der Waals surface area contributed by atoms with Crippen molar-refractivity contribution in [3.63, 3.8) is 0 Å². The van der Waals surface area contributed by atoms with E-state index in [1.807, 2.05) is 18.0 Å². The molecule has 3 aliphatic rings. The lowest BCUT2D eigenvalue weighted by Gasteiger charge is -2.41. The van der Waals surface area contributed by atoms with Gasteiger partial charge in [-0.3, -0.25) is 4.79 Å². The fourth-order valence-corrected chi connectivity index (χ4v) is 5.11. The van der Waals surface area contributed by atoms with E-state index >= 15 is 0 Å². The number of likely N-dealkylation sites (N-methyl/N-ethyl adjacent to an activating group) is 1. The molecule has 3 fully saturated rings. The van der Waals surface area contributed by atoms with Crippen LogP contribution < -0.4 is 0 Å². The molecule has 2 saturated carbocycles. The van der Waals surface area contributed by atoms with Gasteiger partial charge < -0.3 is 14.5 Å². The van der Waals surface area contributed by atoms with E-state index in [9.17, 15) is 4.79 Å². The highest BCUT2D eigenvalue weighted by molar-refractivity contribution is 5.99. The average Bonchev–Trinajstić information content (AvgIpc) is 3.29. The maximum atomic E-state index is 13.3. The van der Waals surface area contributed by atoms with Gasteiger partial charge in [0.15, 0.2) is 5.65 Å². The zero-order valence-electron chi connectivity index (χ0n) is 17.6. The SMILES string of the molecule is Cc1cnc2c(C(=O)N3C[C@H]4C[C@@H](N(C)C)[C@H](OCC5CC5)C[C@H]4C3)cnn2c1. The summed E-state index contributed by atoms with van der Waals surface area (Å²) in [5.74, 6) is 1.91. The van der Waals surface area contributed by atoms with Crippen LogP contribution in [0.4, 0.5) is 0 Å². The Balaban J connectivity index is 1.30. The molecule has 4 atom stereocenters. The number of likely N-dealkylation sites (tertiary alicyclic amines) is 1. The van der Waals surface area contributed by atoms with Crippen molar-refractivity contribution in [1.29, 1.82) is 0 Å². The Labute approximate surface area is 172 Å². The summed E-state index contributed by atoms with van der Waals surface area (Å²) in [4.78, 5) is 22.0. The van der Waals surface area contributed by atoms with Gasteiger partial charge >= 0.3 is 0 Å². The predicted octanol–water partition coefficient (Wildman–Crippen LogP) is 2.25. The van der Waals surface area contributed by atoms with Crippen LogP contribution in [0, 0.1) is 24.7 Å². The summed E-state index contributed by atoms with van der Waals surface area (Å²) in [6, 6.07) is 0.437. The van der Waals surface area contributed by atoms with Crippen molar-refractivity contribution in [1.82, 2.24) is 24.4 Å². The second-order valence-corrected chi connectivity index (χ2v) is 9.51. The molecule has 0 radical (unpaired) electrons. The standard InChI is InChI=1S/C22H31N5O2/c1-14-8-23-21-18(9-24-27(21)10-14)22(28)26-11-16-6-19(25(2)3)20(7-17(16)12-26)29-13-15-4-5-15/h8-10,15-17,19-20H,4-7,11-13H2,1-3H3/t16-,17+,19-,20-/m1/s1. The first-order chi connectivity index (χ1) is 14.0. The Morgan fingerprint density at radius 3 is 2.69 bits per heavy atom. The van der Waals surface area contributed by atoms with E-state index in [4.69, 9.17) is 4.74 Å². The molecule has 0 N–H and O–H groups in total. The molecular weight excluding hydrogens is 366 g/mol. The van der Waals surface area contributed by atoms with Crippen molar-refractivity contribution in [2.75, 3.05) is 33.8 Å². The largest absolute Gasteiger partial charge is 0.376 e. The number of carbonyl (C=O) groups excluding carboxylic acids is 1. The van der Waals surface area contributed by atoms with E-state index in [0.29, 0.717) is 29.1 Å². The Morgan fingerprint density at radius 2 is 1.97 bits per heavy atom. The molecule has 7 heteroatoms. The predicted molar refractivity (Wildman–Crippen MR) is 110 cm³/mol. The van der Waals surface area contributed by atoms with Crippen LogP contribution in [0.15, 0.2) is 18.6 Å². The van der Waals surface area contributed by atoms with Crippen molar-refractivity contribution in [2.45, 2.75) is 44.8 Å². The summed E-state index contributed by atoms with van der Waals surface area (Å²) < 4.78 is 8.06. The minimum atomic E-state index is 0.0580. The zero-order chi connectivity index (χ0) is 20.1. The second kappa shape index (κ2) is 7.36. The molecule has 1 saturated heterocycles. The van der Waals surface area contributed by atoms with Gasteiger partial charge in [-0.2, -0.15) is 5.10 Å². The highest BCUT2D eigenvalue weighted by Gasteiger charge is 2.45. The van der Waals surface area contributed by atoms with Gasteiger partial charge in [-0.1, -0.05) is 0 Å². The molecule has 2 aromatic rings. The van der Waals surface area contributed by atoms with Gasteiger partial charge in [-0.15, -0.1) is 0 Å². The molecule has 0 unspecified atom stereocenters. The van der Waals surface area contributed by atoms with Gasteiger partial charge in [0.1, 0.15) is 5.56 Å². The maximum absolute atomic E-state index is 13.3. The fraction of sp³-hybridized carbons (Fsp3) is 0.682. The van der Waals surface area contributed by atoms with Crippen molar-refractivity contribution < 1.29 is 9.53 Å². The third kappa shape index (κ3) is 3.66. The van der Waals surface area contributed by atoms with Gasteiger partial charge in [0, 0.05) is 38.1 Å². The van der Waals surface area contributed by atoms with E-state index in [1.165, 1.54) is 12.8 Å². The highest BCUT2D eigenvalue weighted by atomic mass is 16.5. The summed E-state index contributed by atoms with van der Waals surface area (Å²) in [5, 5.41) is 4.34. The molecule has 0 aromatic carbocycles. The van der Waals surface area contributed by atoms with E-state index in [2.05, 4.69) is 29.1 Å². The lowest BCUT2D eigenvalue weighted by molar-refractivity contribution is -0.0493. The van der Waals surface area contributed by atoms with E-state index in [0.717, 1.165) is 44.0 Å². The molecule has 5 rings (SSSR count). The normalized spacial score (nSPS) is 29.6. The first-order valence-electron chi connectivity index (χ1n) is 10.9. The van der Waals surface area contributed by atoms with Crippen LogP contribution in [0.25, 0.3) is 5.65 Å². The minimum Gasteiger partial charge on any atom is -0.376 e. The average molecular weight is 398 g/mol. The topological polar surface area (TPSA) is 63.0 Å². The number of hydrogen-bond acceptors (Lipinski definition) is 5. The molecule has 2 aromatic heterocycles. The fourth-order valence-electron chi connectivity index (χ4n) is 5.11. The number of aryl methyl sites for hydroxylation is 1. The number of carbonyl (C=O) groups is 1. The molecule has 0 spiro atoms. The van der Waals surface area contributed by atoms with Gasteiger partial charge in [0.05, 0.1) is 12.3 Å². The second-order valence-electron chi connectivity index (χ2n) is 9.51. The number of fused-ring (bicyclic) bond motifs is 2. The first kappa shape index (κ1) is 19.0. The van der Waals surface area contributed by atoms with Crippen LogP contribution in [0.2, 0.25) is 0 Å². The third-order valence-electron chi connectivity index (χ3n) is 6.99. The quantitative estimate of drug-likeness (QED) is 0.774. The number of rotatable bonds is 5. The van der Waals surface area contributed by atoms with Gasteiger partial charge in [-0.05, 0) is 70.0 Å². The number of nitrogens with zero attached hydrogens (tertiary/aromatic N) is 5. The Bertz CT molecular complexity index is 906. The molecule has 1 aliphatic heterocycles. The Kier molecular flexibility index (Phi) is 4.82. The molecular formula is C22H31N5O2. The number of hydrogen-bond donors (Lipinski definition) is 0. The van der Waals surface area contributed by atoms with E-state index < -0.39 is 0 Å². The number of amides is 1. The Hall–Kier alpha value is -1.99.